The first-order valence-corrected chi connectivity index (χ1v) is 9.54. The molecule has 3 rings (SSSR count). The largest absolute Gasteiger partial charge is 0.465 e. The second-order valence-electron chi connectivity index (χ2n) is 6.24. The molecule has 1 aliphatic carbocycles. The molecule has 0 radical (unpaired) electrons. The average molecular weight is 374 g/mol. The van der Waals surface area contributed by atoms with Crippen LogP contribution in [0.4, 0.5) is 0 Å². The van der Waals surface area contributed by atoms with Gasteiger partial charge in [-0.1, -0.05) is 12.8 Å². The number of ether oxygens (including phenoxy) is 1. The van der Waals surface area contributed by atoms with Gasteiger partial charge in [-0.3, -0.25) is 4.79 Å². The molecule has 2 heterocycles. The first kappa shape index (κ1) is 18.5. The Labute approximate surface area is 156 Å². The lowest BCUT2D eigenvalue weighted by molar-refractivity contribution is 0.0598. The van der Waals surface area contributed by atoms with E-state index in [2.05, 4.69) is 10.3 Å². The maximum Gasteiger partial charge on any atom is 0.341 e. The summed E-state index contributed by atoms with van der Waals surface area (Å²) in [6, 6.07) is 5.14. The van der Waals surface area contributed by atoms with Crippen LogP contribution in [0, 0.1) is 6.92 Å². The highest BCUT2D eigenvalue weighted by Crippen LogP contribution is 2.35. The average Bonchev–Trinajstić information content (AvgIpc) is 3.29. The minimum absolute atomic E-state index is 0.194. The molecule has 1 aliphatic rings. The molecule has 26 heavy (non-hydrogen) atoms. The fourth-order valence-electron chi connectivity index (χ4n) is 3.03. The van der Waals surface area contributed by atoms with Gasteiger partial charge in [0, 0.05) is 11.4 Å². The molecular weight excluding hydrogens is 352 g/mol. The van der Waals surface area contributed by atoms with Crippen LogP contribution in [0.25, 0.3) is 0 Å². The maximum atomic E-state index is 12.6. The smallest absolute Gasteiger partial charge is 0.341 e. The number of nitrogens with one attached hydrogen (secondary N) is 1. The van der Waals surface area contributed by atoms with Crippen molar-refractivity contribution in [3.8, 4) is 0 Å². The highest BCUT2D eigenvalue weighted by atomic mass is 32.2. The molecule has 0 saturated heterocycles. The topological polar surface area (TPSA) is 81.4 Å². The minimum atomic E-state index is -0.452. The summed E-state index contributed by atoms with van der Waals surface area (Å²) in [5.74, 6) is 0.323. The van der Waals surface area contributed by atoms with E-state index >= 15 is 0 Å². The van der Waals surface area contributed by atoms with Crippen molar-refractivity contribution in [2.45, 2.75) is 49.4 Å². The van der Waals surface area contributed by atoms with Crippen LogP contribution >= 0.6 is 11.8 Å². The summed E-state index contributed by atoms with van der Waals surface area (Å²) in [7, 11) is 1.32. The van der Waals surface area contributed by atoms with E-state index < -0.39 is 5.97 Å². The molecule has 2 aromatic rings. The molecular formula is C19H22N2O4S. The van der Waals surface area contributed by atoms with Gasteiger partial charge in [-0.2, -0.15) is 0 Å². The lowest BCUT2D eigenvalue weighted by Crippen LogP contribution is -2.23. The van der Waals surface area contributed by atoms with Crippen LogP contribution in [0.3, 0.4) is 0 Å². The van der Waals surface area contributed by atoms with Gasteiger partial charge in [0.2, 0.25) is 0 Å². The molecule has 0 aliphatic heterocycles. The van der Waals surface area contributed by atoms with E-state index in [0.29, 0.717) is 27.9 Å². The van der Waals surface area contributed by atoms with Crippen LogP contribution in [0.1, 0.15) is 57.9 Å². The van der Waals surface area contributed by atoms with E-state index in [-0.39, 0.29) is 12.5 Å². The summed E-state index contributed by atoms with van der Waals surface area (Å²) >= 11 is 1.68. The molecule has 0 unspecified atom stereocenters. The highest BCUT2D eigenvalue weighted by molar-refractivity contribution is 7.99. The van der Waals surface area contributed by atoms with E-state index in [1.54, 1.807) is 43.1 Å². The SMILES string of the molecule is COC(=O)c1cc(CNC(=O)c2cccnc2SC2CCCC2)oc1C. The summed E-state index contributed by atoms with van der Waals surface area (Å²) in [5, 5.41) is 4.14. The highest BCUT2D eigenvalue weighted by Gasteiger charge is 2.21. The van der Waals surface area contributed by atoms with Crippen LogP contribution in [0.15, 0.2) is 33.8 Å². The van der Waals surface area contributed by atoms with Crippen LogP contribution < -0.4 is 5.32 Å². The molecule has 1 fully saturated rings. The fraction of sp³-hybridized carbons (Fsp3) is 0.421. The molecule has 1 N–H and O–H groups in total. The summed E-state index contributed by atoms with van der Waals surface area (Å²) in [6.07, 6.45) is 6.54. The van der Waals surface area contributed by atoms with Crippen molar-refractivity contribution in [3.05, 3.63) is 47.0 Å². The molecule has 0 aromatic carbocycles. The number of hydrogen-bond acceptors (Lipinski definition) is 6. The maximum absolute atomic E-state index is 12.6. The molecule has 2 aromatic heterocycles. The molecule has 138 valence electrons. The second kappa shape index (κ2) is 8.40. The van der Waals surface area contributed by atoms with Crippen molar-refractivity contribution < 1.29 is 18.7 Å². The van der Waals surface area contributed by atoms with Crippen LogP contribution in [-0.4, -0.2) is 29.2 Å². The first-order valence-electron chi connectivity index (χ1n) is 8.66. The van der Waals surface area contributed by atoms with Crippen molar-refractivity contribution >= 4 is 23.6 Å². The summed E-state index contributed by atoms with van der Waals surface area (Å²) < 4.78 is 10.2. The van der Waals surface area contributed by atoms with E-state index in [4.69, 9.17) is 9.15 Å². The van der Waals surface area contributed by atoms with Crippen LogP contribution in [0.5, 0.6) is 0 Å². The van der Waals surface area contributed by atoms with Gasteiger partial charge in [0.05, 0.1) is 19.2 Å². The molecule has 0 spiro atoms. The number of aryl methyl sites for hydroxylation is 1. The zero-order chi connectivity index (χ0) is 18.5. The zero-order valence-corrected chi connectivity index (χ0v) is 15.7. The number of hydrogen-bond donors (Lipinski definition) is 1. The Balaban J connectivity index is 1.66. The number of furan rings is 1. The number of pyridine rings is 1. The Morgan fingerprint density at radius 1 is 1.35 bits per heavy atom. The normalized spacial score (nSPS) is 14.4. The number of esters is 1. The van der Waals surface area contributed by atoms with Crippen molar-refractivity contribution in [2.75, 3.05) is 7.11 Å². The number of carbonyl (C=O) groups is 2. The standard InChI is InChI=1S/C19H22N2O4S/c1-12-16(19(23)24-2)10-13(25-12)11-21-17(22)15-8-5-9-20-18(15)26-14-6-3-4-7-14/h5,8-10,14H,3-4,6-7,11H2,1-2H3,(H,21,22). The van der Waals surface area contributed by atoms with E-state index in [9.17, 15) is 9.59 Å². The van der Waals surface area contributed by atoms with Crippen molar-refractivity contribution in [1.29, 1.82) is 0 Å². The third-order valence-corrected chi connectivity index (χ3v) is 5.75. The van der Waals surface area contributed by atoms with Crippen molar-refractivity contribution in [1.82, 2.24) is 10.3 Å². The summed E-state index contributed by atoms with van der Waals surface area (Å²) in [6.45, 7) is 1.88. The molecule has 1 amide bonds. The summed E-state index contributed by atoms with van der Waals surface area (Å²) in [5.41, 5.74) is 0.941. The van der Waals surface area contributed by atoms with Crippen LogP contribution in [-0.2, 0) is 11.3 Å². The molecule has 6 nitrogen and oxygen atoms in total. The zero-order valence-electron chi connectivity index (χ0n) is 14.9. The number of thioether (sulfide) groups is 1. The van der Waals surface area contributed by atoms with Gasteiger partial charge in [0.1, 0.15) is 22.1 Å². The van der Waals surface area contributed by atoms with Crippen LogP contribution in [0.2, 0.25) is 0 Å². The number of methoxy groups -OCH3 is 1. The predicted octanol–water partition coefficient (Wildman–Crippen LogP) is 3.73. The van der Waals surface area contributed by atoms with Gasteiger partial charge in [0.15, 0.2) is 0 Å². The monoisotopic (exact) mass is 374 g/mol. The quantitative estimate of drug-likeness (QED) is 0.776. The Morgan fingerprint density at radius 3 is 2.85 bits per heavy atom. The fourth-order valence-corrected chi connectivity index (χ4v) is 4.32. The number of rotatable bonds is 6. The molecule has 0 atom stereocenters. The van der Waals surface area contributed by atoms with Crippen molar-refractivity contribution in [2.24, 2.45) is 0 Å². The third-order valence-electron chi connectivity index (χ3n) is 4.39. The van der Waals surface area contributed by atoms with Gasteiger partial charge in [-0.25, -0.2) is 9.78 Å². The number of amides is 1. The Kier molecular flexibility index (Phi) is 5.98. The van der Waals surface area contributed by atoms with E-state index in [0.717, 1.165) is 5.03 Å². The first-order chi connectivity index (χ1) is 12.6. The Bertz CT molecular complexity index is 797. The van der Waals surface area contributed by atoms with E-state index in [1.165, 1.54) is 32.8 Å². The molecule has 1 saturated carbocycles. The summed E-state index contributed by atoms with van der Waals surface area (Å²) in [4.78, 5) is 28.6. The van der Waals surface area contributed by atoms with Gasteiger partial charge in [0.25, 0.3) is 5.91 Å². The minimum Gasteiger partial charge on any atom is -0.465 e. The van der Waals surface area contributed by atoms with Crippen molar-refractivity contribution in [3.63, 3.8) is 0 Å². The van der Waals surface area contributed by atoms with Gasteiger partial charge < -0.3 is 14.5 Å². The molecule has 0 bridgehead atoms. The second-order valence-corrected chi connectivity index (χ2v) is 7.53. The number of nitrogens with zero attached hydrogens (tertiary/aromatic N) is 1. The van der Waals surface area contributed by atoms with Gasteiger partial charge >= 0.3 is 5.97 Å². The predicted molar refractivity (Wildman–Crippen MR) is 98.3 cm³/mol. The lowest BCUT2D eigenvalue weighted by atomic mass is 10.2. The Hall–Kier alpha value is -2.28. The van der Waals surface area contributed by atoms with E-state index in [1.807, 2.05) is 0 Å². The lowest BCUT2D eigenvalue weighted by Gasteiger charge is -2.11. The Morgan fingerprint density at radius 2 is 2.12 bits per heavy atom. The number of aromatic nitrogens is 1. The van der Waals surface area contributed by atoms with Gasteiger partial charge in [-0.05, 0) is 38.0 Å². The molecule has 7 heteroatoms. The van der Waals surface area contributed by atoms with Gasteiger partial charge in [-0.15, -0.1) is 11.8 Å². The third kappa shape index (κ3) is 4.27. The number of carbonyl (C=O) groups excluding carboxylic acids is 2.